The van der Waals surface area contributed by atoms with Gasteiger partial charge in [0.1, 0.15) is 4.64 Å². The van der Waals surface area contributed by atoms with Crippen LogP contribution in [-0.4, -0.2) is 4.98 Å². The molecule has 1 nitrogen and oxygen atoms in total. The number of hydrogen-bond donors (Lipinski definition) is 1. The topological polar surface area (TPSA) is 15.8 Å². The van der Waals surface area contributed by atoms with Crippen molar-refractivity contribution >= 4 is 29.2 Å². The maximum Gasteiger partial charge on any atom is 0.111 e. The molecule has 1 heterocycles. The maximum absolute atomic E-state index is 5.28. The summed E-state index contributed by atoms with van der Waals surface area (Å²) in [5.74, 6) is 0. The minimum atomic E-state index is 0.764. The summed E-state index contributed by atoms with van der Waals surface area (Å²) in [6.45, 7) is 7.95. The molecule has 1 aromatic carbocycles. The van der Waals surface area contributed by atoms with Gasteiger partial charge in [-0.2, -0.15) is 0 Å². The molecule has 15 heavy (non-hydrogen) atoms. The van der Waals surface area contributed by atoms with Crippen molar-refractivity contribution in [3.05, 3.63) is 46.1 Å². The summed E-state index contributed by atoms with van der Waals surface area (Å²) >= 11 is 5.28. The van der Waals surface area contributed by atoms with Crippen LogP contribution in [0.25, 0.3) is 17.0 Å². The Hall–Kier alpha value is -1.41. The van der Waals surface area contributed by atoms with Gasteiger partial charge in [0.25, 0.3) is 0 Å². The highest BCUT2D eigenvalue weighted by molar-refractivity contribution is 7.71. The quantitative estimate of drug-likeness (QED) is 0.706. The third-order valence-electron chi connectivity index (χ3n) is 2.68. The Morgan fingerprint density at radius 1 is 1.33 bits per heavy atom. The van der Waals surface area contributed by atoms with Crippen molar-refractivity contribution in [2.75, 3.05) is 0 Å². The molecule has 0 aliphatic carbocycles. The van der Waals surface area contributed by atoms with E-state index in [1.54, 1.807) is 0 Å². The Kier molecular flexibility index (Phi) is 2.45. The van der Waals surface area contributed by atoms with Crippen LogP contribution in [-0.2, 0) is 0 Å². The molecule has 0 radical (unpaired) electrons. The van der Waals surface area contributed by atoms with E-state index in [2.05, 4.69) is 43.6 Å². The minimum absolute atomic E-state index is 0.764. The summed E-state index contributed by atoms with van der Waals surface area (Å²) in [7, 11) is 0. The van der Waals surface area contributed by atoms with Gasteiger partial charge in [0.05, 0.1) is 0 Å². The Morgan fingerprint density at radius 3 is 2.73 bits per heavy atom. The molecule has 2 heteroatoms. The molecule has 0 saturated carbocycles. The Morgan fingerprint density at radius 2 is 2.07 bits per heavy atom. The molecule has 0 bridgehead atoms. The summed E-state index contributed by atoms with van der Waals surface area (Å²) < 4.78 is 0.764. The highest BCUT2D eigenvalue weighted by atomic mass is 32.1. The number of rotatable bonds is 1. The fraction of sp³-hybridized carbons (Fsp3) is 0.154. The first-order valence-electron chi connectivity index (χ1n) is 4.89. The smallest absolute Gasteiger partial charge is 0.111 e. The van der Waals surface area contributed by atoms with Crippen LogP contribution in [0.4, 0.5) is 0 Å². The molecule has 0 amide bonds. The minimum Gasteiger partial charge on any atom is -0.346 e. The number of aryl methyl sites for hydroxylation is 2. The van der Waals surface area contributed by atoms with Gasteiger partial charge in [0.2, 0.25) is 0 Å². The molecule has 0 spiro atoms. The van der Waals surface area contributed by atoms with E-state index >= 15 is 0 Å². The van der Waals surface area contributed by atoms with Crippen LogP contribution in [0.2, 0.25) is 0 Å². The van der Waals surface area contributed by atoms with Crippen molar-refractivity contribution in [2.45, 2.75) is 13.8 Å². The van der Waals surface area contributed by atoms with Gasteiger partial charge in [-0.15, -0.1) is 0 Å². The van der Waals surface area contributed by atoms with Crippen LogP contribution >= 0.6 is 12.2 Å². The van der Waals surface area contributed by atoms with E-state index in [1.807, 2.05) is 6.08 Å². The summed E-state index contributed by atoms with van der Waals surface area (Å²) in [5, 5.41) is 1.21. The third kappa shape index (κ3) is 1.61. The van der Waals surface area contributed by atoms with Crippen LogP contribution in [0.15, 0.2) is 24.8 Å². The Bertz CT molecular complexity index is 593. The molecule has 1 N–H and O–H groups in total. The monoisotopic (exact) mass is 215 g/mol. The van der Waals surface area contributed by atoms with E-state index in [-0.39, 0.29) is 0 Å². The lowest BCUT2D eigenvalue weighted by molar-refractivity contribution is 1.31. The number of benzene rings is 1. The van der Waals surface area contributed by atoms with Gasteiger partial charge >= 0.3 is 0 Å². The zero-order valence-corrected chi connectivity index (χ0v) is 9.74. The molecule has 0 saturated heterocycles. The molecule has 1 aromatic heterocycles. The zero-order valence-electron chi connectivity index (χ0n) is 8.92. The van der Waals surface area contributed by atoms with Crippen LogP contribution in [0, 0.1) is 18.5 Å². The number of H-pyrrole nitrogens is 1. The van der Waals surface area contributed by atoms with Gasteiger partial charge in [-0.3, -0.25) is 0 Å². The highest BCUT2D eigenvalue weighted by Gasteiger charge is 2.03. The molecule has 0 aliphatic rings. The number of aromatic nitrogens is 1. The zero-order chi connectivity index (χ0) is 11.0. The van der Waals surface area contributed by atoms with E-state index in [0.717, 1.165) is 15.7 Å². The molecule has 2 rings (SSSR count). The summed E-state index contributed by atoms with van der Waals surface area (Å²) in [4.78, 5) is 3.23. The average Bonchev–Trinajstić information content (AvgIpc) is 2.17. The first kappa shape index (κ1) is 10.1. The Balaban J connectivity index is 2.97. The van der Waals surface area contributed by atoms with Crippen molar-refractivity contribution in [1.29, 1.82) is 0 Å². The van der Waals surface area contributed by atoms with Gasteiger partial charge in [-0.05, 0) is 31.0 Å². The predicted molar refractivity (Wildman–Crippen MR) is 68.7 cm³/mol. The van der Waals surface area contributed by atoms with Crippen molar-refractivity contribution in [3.63, 3.8) is 0 Å². The fourth-order valence-corrected chi connectivity index (χ4v) is 2.19. The third-order valence-corrected chi connectivity index (χ3v) is 3.00. The number of nitrogens with one attached hydrogen (secondary N) is 1. The van der Waals surface area contributed by atoms with E-state index in [4.69, 9.17) is 12.2 Å². The second-order valence-corrected chi connectivity index (χ2v) is 4.15. The molecule has 0 unspecified atom stereocenters. The van der Waals surface area contributed by atoms with Gasteiger partial charge in [-0.1, -0.05) is 37.0 Å². The number of aromatic amines is 1. The summed E-state index contributed by atoms with van der Waals surface area (Å²) in [6, 6.07) is 6.35. The Labute approximate surface area is 94.5 Å². The fourth-order valence-electron chi connectivity index (χ4n) is 1.84. The van der Waals surface area contributed by atoms with Crippen LogP contribution in [0.1, 0.15) is 16.7 Å². The lowest BCUT2D eigenvalue weighted by atomic mass is 10.0. The van der Waals surface area contributed by atoms with Crippen molar-refractivity contribution in [1.82, 2.24) is 4.98 Å². The molecule has 2 aromatic rings. The van der Waals surface area contributed by atoms with Crippen LogP contribution in [0.3, 0.4) is 0 Å². The lowest BCUT2D eigenvalue weighted by Crippen LogP contribution is -1.90. The molecule has 76 valence electrons. The lowest BCUT2D eigenvalue weighted by Gasteiger charge is -2.07. The molecule has 0 fully saturated rings. The van der Waals surface area contributed by atoms with Crippen molar-refractivity contribution in [3.8, 4) is 0 Å². The summed E-state index contributed by atoms with van der Waals surface area (Å²) in [6.07, 6.45) is 1.81. The van der Waals surface area contributed by atoms with E-state index in [9.17, 15) is 0 Å². The number of fused-ring (bicyclic) bond motifs is 1. The molecule has 0 aliphatic heterocycles. The standard InChI is InChI=1S/C13H13NS/c1-4-10-9(3)11-6-5-8(2)7-12(11)14-13(10)15/h4-7H,1H2,2-3H3,(H,14,15). The van der Waals surface area contributed by atoms with Gasteiger partial charge in [0.15, 0.2) is 0 Å². The van der Waals surface area contributed by atoms with Gasteiger partial charge in [-0.25, -0.2) is 0 Å². The number of hydrogen-bond acceptors (Lipinski definition) is 1. The van der Waals surface area contributed by atoms with E-state index in [1.165, 1.54) is 16.5 Å². The van der Waals surface area contributed by atoms with Gasteiger partial charge < -0.3 is 4.98 Å². The van der Waals surface area contributed by atoms with E-state index in [0.29, 0.717) is 0 Å². The van der Waals surface area contributed by atoms with Gasteiger partial charge in [0, 0.05) is 16.5 Å². The second-order valence-electron chi connectivity index (χ2n) is 3.75. The number of pyridine rings is 1. The molecule has 0 atom stereocenters. The molecular weight excluding hydrogens is 202 g/mol. The van der Waals surface area contributed by atoms with Crippen molar-refractivity contribution in [2.24, 2.45) is 0 Å². The van der Waals surface area contributed by atoms with Crippen LogP contribution in [0.5, 0.6) is 0 Å². The first-order valence-corrected chi connectivity index (χ1v) is 5.30. The normalized spacial score (nSPS) is 10.5. The largest absolute Gasteiger partial charge is 0.346 e. The summed E-state index contributed by atoms with van der Waals surface area (Å²) in [5.41, 5.74) is 4.56. The van der Waals surface area contributed by atoms with Crippen LogP contribution < -0.4 is 0 Å². The highest BCUT2D eigenvalue weighted by Crippen LogP contribution is 2.22. The average molecular weight is 215 g/mol. The SMILES string of the molecule is C=Cc1c(C)c2ccc(C)cc2[nH]c1=S. The van der Waals surface area contributed by atoms with E-state index < -0.39 is 0 Å². The van der Waals surface area contributed by atoms with Crippen molar-refractivity contribution < 1.29 is 0 Å². The predicted octanol–water partition coefficient (Wildman–Crippen LogP) is 4.16. The second kappa shape index (κ2) is 3.63. The molecular formula is C13H13NS. The maximum atomic E-state index is 5.28. The first-order chi connectivity index (χ1) is 7.13.